The van der Waals surface area contributed by atoms with Crippen molar-refractivity contribution in [1.29, 1.82) is 0 Å². The van der Waals surface area contributed by atoms with Gasteiger partial charge in [-0.05, 0) is 26.0 Å². The fourth-order valence-electron chi connectivity index (χ4n) is 1.60. The van der Waals surface area contributed by atoms with Crippen molar-refractivity contribution in [2.75, 3.05) is 39.5 Å². The second kappa shape index (κ2) is 12.5. The summed E-state index contributed by atoms with van der Waals surface area (Å²) >= 11 is 1.80. The average Bonchev–Trinajstić information content (AvgIpc) is 2.50. The van der Waals surface area contributed by atoms with Gasteiger partial charge in [-0.1, -0.05) is 17.7 Å². The van der Waals surface area contributed by atoms with E-state index in [2.05, 4.69) is 46.8 Å². The number of aliphatic imine (C=N–C) groups is 1. The lowest BCUT2D eigenvalue weighted by Crippen LogP contribution is -2.39. The van der Waals surface area contributed by atoms with E-state index in [0.29, 0.717) is 5.96 Å². The van der Waals surface area contributed by atoms with Crippen LogP contribution in [-0.4, -0.2) is 56.2 Å². The highest BCUT2D eigenvalue weighted by molar-refractivity contribution is 14.0. The maximum absolute atomic E-state index is 11.6. The van der Waals surface area contributed by atoms with Gasteiger partial charge >= 0.3 is 0 Å². The lowest BCUT2D eigenvalue weighted by atomic mass is 10.2. The standard InChI is InChI=1S/C16H26N4OS.HI/c1-5-17-16(19-12-15(21)20(3)4)18-10-11-22-14-8-6-13(2)7-9-14;/h6-9H,5,10-12H2,1-4H3,(H2,17,18,19);1H. The number of carbonyl (C=O) groups excluding carboxylic acids is 1. The fourth-order valence-corrected chi connectivity index (χ4v) is 2.37. The molecular weight excluding hydrogens is 423 g/mol. The first-order valence-electron chi connectivity index (χ1n) is 7.44. The van der Waals surface area contributed by atoms with E-state index in [1.54, 1.807) is 30.8 Å². The van der Waals surface area contributed by atoms with Crippen molar-refractivity contribution in [1.82, 2.24) is 15.5 Å². The molecule has 0 aromatic heterocycles. The highest BCUT2D eigenvalue weighted by Crippen LogP contribution is 2.17. The maximum atomic E-state index is 11.6. The van der Waals surface area contributed by atoms with Gasteiger partial charge in [-0.2, -0.15) is 0 Å². The molecule has 1 rings (SSSR count). The summed E-state index contributed by atoms with van der Waals surface area (Å²) in [4.78, 5) is 18.6. The van der Waals surface area contributed by atoms with Gasteiger partial charge in [-0.25, -0.2) is 4.99 Å². The average molecular weight is 450 g/mol. The largest absolute Gasteiger partial charge is 0.357 e. The number of rotatable bonds is 7. The minimum Gasteiger partial charge on any atom is -0.357 e. The molecule has 23 heavy (non-hydrogen) atoms. The predicted molar refractivity (Wildman–Crippen MR) is 110 cm³/mol. The number of benzene rings is 1. The molecule has 130 valence electrons. The second-order valence-electron chi connectivity index (χ2n) is 5.07. The molecule has 0 aliphatic carbocycles. The van der Waals surface area contributed by atoms with Crippen LogP contribution in [0.4, 0.5) is 0 Å². The number of halogens is 1. The summed E-state index contributed by atoms with van der Waals surface area (Å²) in [5.74, 6) is 1.61. The van der Waals surface area contributed by atoms with Gasteiger partial charge in [0.25, 0.3) is 0 Å². The highest BCUT2D eigenvalue weighted by atomic mass is 127. The highest BCUT2D eigenvalue weighted by Gasteiger charge is 2.03. The molecule has 0 saturated heterocycles. The predicted octanol–water partition coefficient (Wildman–Crippen LogP) is 2.35. The third-order valence-corrected chi connectivity index (χ3v) is 3.91. The van der Waals surface area contributed by atoms with Gasteiger partial charge in [0.2, 0.25) is 5.91 Å². The van der Waals surface area contributed by atoms with E-state index in [9.17, 15) is 4.79 Å². The Hall–Kier alpha value is -0.960. The first-order chi connectivity index (χ1) is 10.5. The van der Waals surface area contributed by atoms with Crippen LogP contribution in [0.3, 0.4) is 0 Å². The maximum Gasteiger partial charge on any atom is 0.243 e. The van der Waals surface area contributed by atoms with Crippen molar-refractivity contribution in [2.24, 2.45) is 4.99 Å². The van der Waals surface area contributed by atoms with Crippen molar-refractivity contribution in [2.45, 2.75) is 18.7 Å². The molecule has 0 atom stereocenters. The summed E-state index contributed by atoms with van der Waals surface area (Å²) in [6, 6.07) is 8.51. The van der Waals surface area contributed by atoms with Crippen LogP contribution in [0, 0.1) is 6.92 Å². The summed E-state index contributed by atoms with van der Waals surface area (Å²) < 4.78 is 0. The Labute approximate surface area is 160 Å². The molecule has 7 heteroatoms. The van der Waals surface area contributed by atoms with Crippen molar-refractivity contribution in [3.8, 4) is 0 Å². The first-order valence-corrected chi connectivity index (χ1v) is 8.43. The summed E-state index contributed by atoms with van der Waals surface area (Å²) in [5, 5.41) is 6.39. The minimum absolute atomic E-state index is 0. The summed E-state index contributed by atoms with van der Waals surface area (Å²) in [6.45, 7) is 5.82. The molecule has 0 radical (unpaired) electrons. The zero-order valence-electron chi connectivity index (χ0n) is 14.3. The van der Waals surface area contributed by atoms with Crippen LogP contribution in [0.1, 0.15) is 12.5 Å². The number of carbonyl (C=O) groups is 1. The topological polar surface area (TPSA) is 56.7 Å². The number of hydrogen-bond donors (Lipinski definition) is 2. The van der Waals surface area contributed by atoms with Gasteiger partial charge in [0.05, 0.1) is 0 Å². The van der Waals surface area contributed by atoms with Crippen LogP contribution in [0.15, 0.2) is 34.2 Å². The lowest BCUT2D eigenvalue weighted by Gasteiger charge is -2.12. The van der Waals surface area contributed by atoms with Crippen molar-refractivity contribution in [3.05, 3.63) is 29.8 Å². The van der Waals surface area contributed by atoms with Crippen LogP contribution in [0.2, 0.25) is 0 Å². The Morgan fingerprint density at radius 1 is 1.22 bits per heavy atom. The van der Waals surface area contributed by atoms with Crippen molar-refractivity contribution < 1.29 is 4.79 Å². The molecule has 5 nitrogen and oxygen atoms in total. The van der Waals surface area contributed by atoms with Crippen LogP contribution in [0.25, 0.3) is 0 Å². The van der Waals surface area contributed by atoms with E-state index in [4.69, 9.17) is 0 Å². The summed E-state index contributed by atoms with van der Waals surface area (Å²) in [5.41, 5.74) is 1.27. The first kappa shape index (κ1) is 22.0. The van der Waals surface area contributed by atoms with E-state index in [0.717, 1.165) is 18.8 Å². The van der Waals surface area contributed by atoms with Crippen LogP contribution < -0.4 is 10.6 Å². The van der Waals surface area contributed by atoms with E-state index in [-0.39, 0.29) is 36.4 Å². The van der Waals surface area contributed by atoms with E-state index >= 15 is 0 Å². The number of nitrogens with one attached hydrogen (secondary N) is 2. The summed E-state index contributed by atoms with van der Waals surface area (Å²) in [6.07, 6.45) is 0. The minimum atomic E-state index is -0.00812. The van der Waals surface area contributed by atoms with Gasteiger partial charge < -0.3 is 15.5 Å². The summed E-state index contributed by atoms with van der Waals surface area (Å²) in [7, 11) is 3.47. The van der Waals surface area contributed by atoms with Gasteiger partial charge in [-0.3, -0.25) is 4.79 Å². The molecule has 1 aromatic carbocycles. The Morgan fingerprint density at radius 2 is 1.87 bits per heavy atom. The Bertz CT molecular complexity index is 491. The zero-order valence-corrected chi connectivity index (χ0v) is 17.4. The smallest absolute Gasteiger partial charge is 0.243 e. The van der Waals surface area contributed by atoms with Crippen LogP contribution in [-0.2, 0) is 4.79 Å². The third-order valence-electron chi connectivity index (χ3n) is 2.90. The molecule has 0 aliphatic rings. The normalized spacial score (nSPS) is 10.7. The molecule has 0 fully saturated rings. The molecule has 0 saturated carbocycles. The second-order valence-corrected chi connectivity index (χ2v) is 6.24. The number of nitrogens with zero attached hydrogens (tertiary/aromatic N) is 2. The van der Waals surface area contributed by atoms with Crippen LogP contribution >= 0.6 is 35.7 Å². The van der Waals surface area contributed by atoms with Gasteiger partial charge in [0, 0.05) is 37.8 Å². The Morgan fingerprint density at radius 3 is 2.43 bits per heavy atom. The number of amides is 1. The SMILES string of the molecule is CCNC(=NCC(=O)N(C)C)NCCSc1ccc(C)cc1.I. The monoisotopic (exact) mass is 450 g/mol. The molecule has 2 N–H and O–H groups in total. The molecule has 1 aromatic rings. The quantitative estimate of drug-likeness (QED) is 0.220. The molecule has 0 bridgehead atoms. The molecule has 0 aliphatic heterocycles. The van der Waals surface area contributed by atoms with E-state index in [1.807, 2.05) is 6.92 Å². The van der Waals surface area contributed by atoms with E-state index in [1.165, 1.54) is 10.5 Å². The van der Waals surface area contributed by atoms with Crippen molar-refractivity contribution >= 4 is 47.6 Å². The van der Waals surface area contributed by atoms with Crippen molar-refractivity contribution in [3.63, 3.8) is 0 Å². The Kier molecular flexibility index (Phi) is 11.9. The molecule has 0 unspecified atom stereocenters. The Balaban J connectivity index is 0.00000484. The molecular formula is C16H27IN4OS. The zero-order chi connectivity index (χ0) is 16.4. The molecule has 0 spiro atoms. The van der Waals surface area contributed by atoms with Gasteiger partial charge in [0.1, 0.15) is 6.54 Å². The number of hydrogen-bond acceptors (Lipinski definition) is 3. The van der Waals surface area contributed by atoms with Gasteiger partial charge in [0.15, 0.2) is 5.96 Å². The number of thioether (sulfide) groups is 1. The molecule has 1 amide bonds. The lowest BCUT2D eigenvalue weighted by molar-refractivity contribution is -0.127. The van der Waals surface area contributed by atoms with Crippen LogP contribution in [0.5, 0.6) is 0 Å². The third kappa shape index (κ3) is 9.70. The fraction of sp³-hybridized carbons (Fsp3) is 0.500. The number of aryl methyl sites for hydroxylation is 1. The van der Waals surface area contributed by atoms with Gasteiger partial charge in [-0.15, -0.1) is 35.7 Å². The number of guanidine groups is 1. The van der Waals surface area contributed by atoms with E-state index < -0.39 is 0 Å². The molecule has 0 heterocycles. The number of likely N-dealkylation sites (N-methyl/N-ethyl adjacent to an activating group) is 1.